The molecule has 164 valence electrons. The molecule has 5 rings (SSSR count). The number of carbonyl (C=O) groups is 2. The number of nitriles is 1. The first-order valence-corrected chi connectivity index (χ1v) is 11.4. The summed E-state index contributed by atoms with van der Waals surface area (Å²) in [5.74, 6) is -0.0581. The summed E-state index contributed by atoms with van der Waals surface area (Å²) in [6.45, 7) is 3.56. The molecule has 3 aliphatic heterocycles. The first kappa shape index (κ1) is 20.3. The van der Waals surface area contributed by atoms with Crippen molar-refractivity contribution in [2.75, 3.05) is 11.9 Å². The van der Waals surface area contributed by atoms with Gasteiger partial charge in [0.2, 0.25) is 11.8 Å². The summed E-state index contributed by atoms with van der Waals surface area (Å²) in [5, 5.41) is 18.5. The third-order valence-electron chi connectivity index (χ3n) is 7.41. The fourth-order valence-corrected chi connectivity index (χ4v) is 5.78. The quantitative estimate of drug-likeness (QED) is 0.686. The van der Waals surface area contributed by atoms with Crippen molar-refractivity contribution >= 4 is 17.5 Å². The molecular formula is C23H30N6O2. The van der Waals surface area contributed by atoms with Crippen LogP contribution in [-0.4, -0.2) is 46.5 Å². The van der Waals surface area contributed by atoms with Crippen LogP contribution in [0.15, 0.2) is 18.2 Å². The van der Waals surface area contributed by atoms with E-state index in [4.69, 9.17) is 0 Å². The minimum atomic E-state index is -0.227. The van der Waals surface area contributed by atoms with Gasteiger partial charge in [-0.15, -0.1) is 0 Å². The fraction of sp³-hybridized carbons (Fsp3) is 0.609. The molecule has 0 radical (unpaired) electrons. The van der Waals surface area contributed by atoms with Crippen LogP contribution in [0.3, 0.4) is 0 Å². The summed E-state index contributed by atoms with van der Waals surface area (Å²) < 4.78 is 0. The highest BCUT2D eigenvalue weighted by atomic mass is 16.2. The van der Waals surface area contributed by atoms with Crippen molar-refractivity contribution in [3.63, 3.8) is 0 Å². The van der Waals surface area contributed by atoms with Crippen molar-refractivity contribution in [1.82, 2.24) is 20.7 Å². The molecular weight excluding hydrogens is 392 g/mol. The highest BCUT2D eigenvalue weighted by Crippen LogP contribution is 2.36. The molecule has 3 fully saturated rings. The van der Waals surface area contributed by atoms with Crippen LogP contribution in [0.1, 0.15) is 50.2 Å². The van der Waals surface area contributed by atoms with Gasteiger partial charge in [0.25, 0.3) is 0 Å². The number of hydrogen-bond acceptors (Lipinski definition) is 6. The molecule has 4 aliphatic rings. The molecule has 3 unspecified atom stereocenters. The van der Waals surface area contributed by atoms with Crippen LogP contribution in [0.5, 0.6) is 0 Å². The molecule has 1 aliphatic carbocycles. The summed E-state index contributed by atoms with van der Waals surface area (Å²) in [6.07, 6.45) is 4.80. The predicted octanol–water partition coefficient (Wildman–Crippen LogP) is 1.69. The van der Waals surface area contributed by atoms with Crippen molar-refractivity contribution < 1.29 is 9.59 Å². The van der Waals surface area contributed by atoms with Gasteiger partial charge in [0, 0.05) is 44.3 Å². The van der Waals surface area contributed by atoms with Crippen LogP contribution in [0.4, 0.5) is 5.69 Å². The Morgan fingerprint density at radius 3 is 2.77 bits per heavy atom. The minimum Gasteiger partial charge on any atom is -0.368 e. The molecule has 31 heavy (non-hydrogen) atoms. The Balaban J connectivity index is 1.37. The van der Waals surface area contributed by atoms with Gasteiger partial charge in [-0.25, -0.2) is 10.4 Å². The number of carbonyl (C=O) groups excluding carboxylic acids is 2. The summed E-state index contributed by atoms with van der Waals surface area (Å²) >= 11 is 0. The third-order valence-corrected chi connectivity index (χ3v) is 7.41. The molecule has 2 amide bonds. The van der Waals surface area contributed by atoms with E-state index in [1.807, 2.05) is 11.0 Å². The number of nitrogens with zero attached hydrogens (tertiary/aromatic N) is 3. The molecule has 0 spiro atoms. The van der Waals surface area contributed by atoms with Gasteiger partial charge in [0.05, 0.1) is 17.9 Å². The van der Waals surface area contributed by atoms with Gasteiger partial charge >= 0.3 is 0 Å². The number of benzene rings is 1. The maximum Gasteiger partial charge on any atom is 0.228 e. The van der Waals surface area contributed by atoms with Crippen molar-refractivity contribution in [3.05, 3.63) is 29.3 Å². The molecule has 1 aromatic carbocycles. The molecule has 1 saturated carbocycles. The number of anilines is 1. The molecule has 3 heterocycles. The van der Waals surface area contributed by atoms with E-state index in [2.05, 4.69) is 39.3 Å². The zero-order valence-electron chi connectivity index (χ0n) is 17.9. The van der Waals surface area contributed by atoms with Gasteiger partial charge in [-0.3, -0.25) is 9.59 Å². The Kier molecular flexibility index (Phi) is 5.32. The van der Waals surface area contributed by atoms with E-state index in [1.165, 1.54) is 5.56 Å². The Bertz CT molecular complexity index is 927. The van der Waals surface area contributed by atoms with Crippen LogP contribution >= 0.6 is 0 Å². The molecule has 8 heteroatoms. The molecule has 0 aromatic heterocycles. The predicted molar refractivity (Wildman–Crippen MR) is 115 cm³/mol. The van der Waals surface area contributed by atoms with E-state index in [1.54, 1.807) is 6.92 Å². The third kappa shape index (κ3) is 3.66. The summed E-state index contributed by atoms with van der Waals surface area (Å²) in [5.41, 5.74) is 6.86. The van der Waals surface area contributed by atoms with E-state index < -0.39 is 0 Å². The highest BCUT2D eigenvalue weighted by Gasteiger charge is 2.51. The average Bonchev–Trinajstić information content (AvgIpc) is 3.36. The van der Waals surface area contributed by atoms with Crippen LogP contribution in [0.2, 0.25) is 0 Å². The molecule has 5 atom stereocenters. The maximum atomic E-state index is 12.8. The molecule has 0 bridgehead atoms. The zero-order valence-corrected chi connectivity index (χ0v) is 17.9. The van der Waals surface area contributed by atoms with Gasteiger partial charge in [-0.1, -0.05) is 18.9 Å². The van der Waals surface area contributed by atoms with E-state index in [0.717, 1.165) is 43.4 Å². The number of hydrazine groups is 1. The molecule has 1 aromatic rings. The van der Waals surface area contributed by atoms with Gasteiger partial charge in [-0.2, -0.15) is 5.26 Å². The molecule has 2 saturated heterocycles. The zero-order chi connectivity index (χ0) is 21.5. The van der Waals surface area contributed by atoms with Crippen molar-refractivity contribution in [2.24, 2.45) is 11.8 Å². The lowest BCUT2D eigenvalue weighted by Crippen LogP contribution is -2.54. The van der Waals surface area contributed by atoms with E-state index in [-0.39, 0.29) is 41.9 Å². The van der Waals surface area contributed by atoms with Crippen LogP contribution in [0, 0.1) is 23.2 Å². The first-order chi connectivity index (χ1) is 15.0. The number of fused-ring (bicyclic) bond motifs is 2. The SMILES string of the molecule is CC(=O)N1Cc2ccc(NC3NN([C@H]4CCCC[C@@H]4C#N)C4CCNC(=O)C34)cc2C1. The van der Waals surface area contributed by atoms with Gasteiger partial charge < -0.3 is 15.5 Å². The number of piperidine rings is 1. The van der Waals surface area contributed by atoms with Crippen LogP contribution in [0.25, 0.3) is 0 Å². The monoisotopic (exact) mass is 422 g/mol. The lowest BCUT2D eigenvalue weighted by Gasteiger charge is -2.39. The Hall–Kier alpha value is -2.63. The number of hydrogen-bond donors (Lipinski definition) is 3. The van der Waals surface area contributed by atoms with E-state index in [0.29, 0.717) is 19.6 Å². The minimum absolute atomic E-state index is 0.00296. The summed E-state index contributed by atoms with van der Waals surface area (Å²) in [6, 6.07) is 8.94. The average molecular weight is 423 g/mol. The largest absolute Gasteiger partial charge is 0.368 e. The number of nitrogens with one attached hydrogen (secondary N) is 3. The topological polar surface area (TPSA) is 100 Å². The van der Waals surface area contributed by atoms with Gasteiger partial charge in [0.1, 0.15) is 6.17 Å². The first-order valence-electron chi connectivity index (χ1n) is 11.4. The van der Waals surface area contributed by atoms with E-state index in [9.17, 15) is 14.9 Å². The van der Waals surface area contributed by atoms with Gasteiger partial charge in [0.15, 0.2) is 0 Å². The molecule has 3 N–H and O–H groups in total. The van der Waals surface area contributed by atoms with Crippen molar-refractivity contribution in [3.8, 4) is 6.07 Å². The lowest BCUT2D eigenvalue weighted by molar-refractivity contribution is -0.129. The lowest BCUT2D eigenvalue weighted by atomic mass is 9.83. The summed E-state index contributed by atoms with van der Waals surface area (Å²) in [7, 11) is 0. The van der Waals surface area contributed by atoms with Crippen LogP contribution in [-0.2, 0) is 22.7 Å². The van der Waals surface area contributed by atoms with Crippen molar-refractivity contribution in [2.45, 2.75) is 70.4 Å². The highest BCUT2D eigenvalue weighted by molar-refractivity contribution is 5.82. The second kappa shape index (κ2) is 8.13. The standard InChI is InChI=1S/C23H30N6O2/c1-14(30)28-12-16-6-7-18(10-17(16)13-28)26-22-21-20(8-9-25-23(21)31)29(27-22)19-5-3-2-4-15(19)11-24/h6-7,10,15,19-22,26-27H,2-5,8-9,12-13H2,1H3,(H,25,31)/t15-,19+,20?,21?,22?/m1/s1. The summed E-state index contributed by atoms with van der Waals surface area (Å²) in [4.78, 5) is 26.4. The second-order valence-corrected chi connectivity index (χ2v) is 9.28. The second-order valence-electron chi connectivity index (χ2n) is 9.28. The smallest absolute Gasteiger partial charge is 0.228 e. The van der Waals surface area contributed by atoms with E-state index >= 15 is 0 Å². The normalized spacial score (nSPS) is 32.7. The number of rotatable bonds is 3. The Morgan fingerprint density at radius 1 is 1.16 bits per heavy atom. The maximum absolute atomic E-state index is 12.8. The Morgan fingerprint density at radius 2 is 1.97 bits per heavy atom. The van der Waals surface area contributed by atoms with Gasteiger partial charge in [-0.05, 0) is 42.5 Å². The van der Waals surface area contributed by atoms with Crippen LogP contribution < -0.4 is 16.1 Å². The van der Waals surface area contributed by atoms with Crippen molar-refractivity contribution in [1.29, 1.82) is 5.26 Å². The molecule has 8 nitrogen and oxygen atoms in total. The fourth-order valence-electron chi connectivity index (χ4n) is 5.78. The number of amides is 2. The Labute approximate surface area is 182 Å².